The molecular weight excluding hydrogens is 316 g/mol. The average molecular weight is 331 g/mol. The standard InChI is InChI=1S/C13H15ClN2O2S2/c1-3-10-5-7-13(19-10)20(17,18)16(2)12-8-9(14)4-6-11(12)15/h4-8H,3,15H2,1-2H3. The van der Waals surface area contributed by atoms with E-state index in [2.05, 4.69) is 0 Å². The van der Waals surface area contributed by atoms with E-state index >= 15 is 0 Å². The molecule has 0 atom stereocenters. The molecule has 2 aromatic rings. The molecule has 0 amide bonds. The molecule has 2 rings (SSSR count). The molecule has 0 fully saturated rings. The van der Waals surface area contributed by atoms with Gasteiger partial charge >= 0.3 is 0 Å². The van der Waals surface area contributed by atoms with Crippen LogP contribution in [0.3, 0.4) is 0 Å². The molecule has 108 valence electrons. The van der Waals surface area contributed by atoms with Crippen molar-refractivity contribution in [3.8, 4) is 0 Å². The van der Waals surface area contributed by atoms with Crippen LogP contribution in [0.4, 0.5) is 11.4 Å². The molecule has 1 aromatic carbocycles. The molecule has 0 bridgehead atoms. The largest absolute Gasteiger partial charge is 0.397 e. The Balaban J connectivity index is 2.45. The lowest BCUT2D eigenvalue weighted by Gasteiger charge is -2.20. The molecule has 0 spiro atoms. The Kier molecular flexibility index (Phi) is 4.27. The van der Waals surface area contributed by atoms with E-state index in [1.54, 1.807) is 24.3 Å². The van der Waals surface area contributed by atoms with E-state index in [9.17, 15) is 8.42 Å². The molecule has 0 saturated heterocycles. The summed E-state index contributed by atoms with van der Waals surface area (Å²) in [5.41, 5.74) is 6.58. The minimum atomic E-state index is -3.61. The highest BCUT2D eigenvalue weighted by atomic mass is 35.5. The molecule has 2 N–H and O–H groups in total. The first-order valence-electron chi connectivity index (χ1n) is 5.99. The third-order valence-electron chi connectivity index (χ3n) is 2.93. The fourth-order valence-electron chi connectivity index (χ4n) is 1.74. The Bertz CT molecular complexity index is 726. The summed E-state index contributed by atoms with van der Waals surface area (Å²) in [6.45, 7) is 1.99. The van der Waals surface area contributed by atoms with Gasteiger partial charge in [-0.1, -0.05) is 18.5 Å². The molecule has 0 saturated carbocycles. The van der Waals surface area contributed by atoms with Crippen LogP contribution in [0.25, 0.3) is 0 Å². The zero-order valence-electron chi connectivity index (χ0n) is 11.1. The van der Waals surface area contributed by atoms with Gasteiger partial charge in [0.25, 0.3) is 10.0 Å². The first-order valence-corrected chi connectivity index (χ1v) is 8.62. The normalized spacial score (nSPS) is 11.6. The molecule has 1 heterocycles. The SMILES string of the molecule is CCc1ccc(S(=O)(=O)N(C)c2cc(Cl)ccc2N)s1. The molecule has 0 aliphatic carbocycles. The number of hydrogen-bond acceptors (Lipinski definition) is 4. The number of sulfonamides is 1. The number of nitrogens with two attached hydrogens (primary N) is 1. The van der Waals surface area contributed by atoms with Gasteiger partial charge in [0.1, 0.15) is 4.21 Å². The Morgan fingerprint density at radius 1 is 1.30 bits per heavy atom. The summed E-state index contributed by atoms with van der Waals surface area (Å²) in [7, 11) is -2.13. The molecule has 20 heavy (non-hydrogen) atoms. The maximum absolute atomic E-state index is 12.6. The monoisotopic (exact) mass is 330 g/mol. The van der Waals surface area contributed by atoms with Crippen LogP contribution in [0.1, 0.15) is 11.8 Å². The highest BCUT2D eigenvalue weighted by Crippen LogP contribution is 2.32. The Hall–Kier alpha value is -1.24. The third-order valence-corrected chi connectivity index (χ3v) is 6.64. The van der Waals surface area contributed by atoms with E-state index < -0.39 is 10.0 Å². The molecule has 0 aliphatic rings. The number of nitrogens with zero attached hydrogens (tertiary/aromatic N) is 1. The highest BCUT2D eigenvalue weighted by molar-refractivity contribution is 7.94. The van der Waals surface area contributed by atoms with Crippen molar-refractivity contribution in [2.75, 3.05) is 17.1 Å². The van der Waals surface area contributed by atoms with Crippen LogP contribution in [0.15, 0.2) is 34.5 Å². The predicted molar refractivity (Wildman–Crippen MR) is 85.2 cm³/mol. The van der Waals surface area contributed by atoms with Crippen molar-refractivity contribution >= 4 is 44.3 Å². The quantitative estimate of drug-likeness (QED) is 0.874. The summed E-state index contributed by atoms with van der Waals surface area (Å²) in [6, 6.07) is 8.21. The second kappa shape index (κ2) is 5.63. The molecule has 0 unspecified atom stereocenters. The van der Waals surface area contributed by atoms with Crippen molar-refractivity contribution < 1.29 is 8.42 Å². The van der Waals surface area contributed by atoms with Crippen LogP contribution in [0.2, 0.25) is 5.02 Å². The summed E-state index contributed by atoms with van der Waals surface area (Å²) < 4.78 is 26.6. The minimum Gasteiger partial charge on any atom is -0.397 e. The highest BCUT2D eigenvalue weighted by Gasteiger charge is 2.24. The summed E-state index contributed by atoms with van der Waals surface area (Å²) in [5, 5.41) is 0.441. The van der Waals surface area contributed by atoms with E-state index in [0.29, 0.717) is 20.6 Å². The Labute approximate surface area is 127 Å². The number of anilines is 2. The van der Waals surface area contributed by atoms with Crippen molar-refractivity contribution in [1.82, 2.24) is 0 Å². The van der Waals surface area contributed by atoms with E-state index in [1.807, 2.05) is 13.0 Å². The fourth-order valence-corrected chi connectivity index (χ4v) is 4.59. The zero-order chi connectivity index (χ0) is 14.9. The van der Waals surface area contributed by atoms with E-state index in [-0.39, 0.29) is 0 Å². The number of thiophene rings is 1. The second-order valence-corrected chi connectivity index (χ2v) is 8.05. The second-order valence-electron chi connectivity index (χ2n) is 4.25. The molecule has 4 nitrogen and oxygen atoms in total. The summed E-state index contributed by atoms with van der Waals surface area (Å²) in [5.74, 6) is 0. The van der Waals surface area contributed by atoms with Crippen molar-refractivity contribution in [2.45, 2.75) is 17.6 Å². The average Bonchev–Trinajstić information content (AvgIpc) is 2.90. The molecule has 1 aromatic heterocycles. The zero-order valence-corrected chi connectivity index (χ0v) is 13.5. The van der Waals surface area contributed by atoms with Gasteiger partial charge in [0.15, 0.2) is 0 Å². The van der Waals surface area contributed by atoms with Crippen LogP contribution < -0.4 is 10.0 Å². The number of aryl methyl sites for hydroxylation is 1. The lowest BCUT2D eigenvalue weighted by atomic mass is 10.3. The maximum atomic E-state index is 12.6. The van der Waals surface area contributed by atoms with Crippen LogP contribution >= 0.6 is 22.9 Å². The Morgan fingerprint density at radius 2 is 2.00 bits per heavy atom. The number of benzene rings is 1. The van der Waals surface area contributed by atoms with Gasteiger partial charge in [0.2, 0.25) is 0 Å². The summed E-state index contributed by atoms with van der Waals surface area (Å²) in [4.78, 5) is 1.02. The van der Waals surface area contributed by atoms with Gasteiger partial charge in [-0.05, 0) is 36.8 Å². The van der Waals surface area contributed by atoms with Crippen LogP contribution in [-0.2, 0) is 16.4 Å². The predicted octanol–water partition coefficient (Wildman–Crippen LogP) is 3.37. The number of halogens is 1. The van der Waals surface area contributed by atoms with Gasteiger partial charge in [0, 0.05) is 16.9 Å². The number of hydrogen-bond donors (Lipinski definition) is 1. The van der Waals surface area contributed by atoms with E-state index in [4.69, 9.17) is 17.3 Å². The molecular formula is C13H15ClN2O2S2. The third kappa shape index (κ3) is 2.77. The fraction of sp³-hybridized carbons (Fsp3) is 0.231. The topological polar surface area (TPSA) is 63.4 Å². The van der Waals surface area contributed by atoms with Crippen molar-refractivity contribution in [1.29, 1.82) is 0 Å². The lowest BCUT2D eigenvalue weighted by Crippen LogP contribution is -2.26. The minimum absolute atomic E-state index is 0.302. The van der Waals surface area contributed by atoms with Crippen molar-refractivity contribution in [3.05, 3.63) is 40.2 Å². The van der Waals surface area contributed by atoms with Gasteiger partial charge < -0.3 is 5.73 Å². The summed E-state index contributed by atoms with van der Waals surface area (Å²) in [6.07, 6.45) is 0.809. The van der Waals surface area contributed by atoms with Crippen LogP contribution in [0.5, 0.6) is 0 Å². The Morgan fingerprint density at radius 3 is 2.60 bits per heavy atom. The van der Waals surface area contributed by atoms with Crippen LogP contribution in [0, 0.1) is 0 Å². The van der Waals surface area contributed by atoms with E-state index in [0.717, 1.165) is 11.3 Å². The number of rotatable bonds is 4. The molecule has 7 heteroatoms. The smallest absolute Gasteiger partial charge is 0.273 e. The maximum Gasteiger partial charge on any atom is 0.273 e. The van der Waals surface area contributed by atoms with Crippen LogP contribution in [-0.4, -0.2) is 15.5 Å². The van der Waals surface area contributed by atoms with Gasteiger partial charge in [-0.2, -0.15) is 0 Å². The van der Waals surface area contributed by atoms with Crippen molar-refractivity contribution in [2.24, 2.45) is 0 Å². The first-order chi connectivity index (χ1) is 9.36. The van der Waals surface area contributed by atoms with Gasteiger partial charge in [-0.15, -0.1) is 11.3 Å². The van der Waals surface area contributed by atoms with Gasteiger partial charge in [0.05, 0.1) is 11.4 Å². The number of nitrogen functional groups attached to an aromatic ring is 1. The molecule has 0 aliphatic heterocycles. The van der Waals surface area contributed by atoms with Gasteiger partial charge in [-0.3, -0.25) is 4.31 Å². The summed E-state index contributed by atoms with van der Waals surface area (Å²) >= 11 is 7.18. The lowest BCUT2D eigenvalue weighted by molar-refractivity contribution is 0.596. The molecule has 0 radical (unpaired) electrons. The first kappa shape index (κ1) is 15.2. The van der Waals surface area contributed by atoms with E-state index in [1.165, 1.54) is 22.7 Å². The van der Waals surface area contributed by atoms with Gasteiger partial charge in [-0.25, -0.2) is 8.42 Å². The van der Waals surface area contributed by atoms with Crippen molar-refractivity contribution in [3.63, 3.8) is 0 Å².